The average Bonchev–Trinajstić information content (AvgIpc) is 3.25. The maximum absolute atomic E-state index is 14.6. The molecule has 208 valence electrons. The van der Waals surface area contributed by atoms with E-state index < -0.39 is 39.4 Å². The second kappa shape index (κ2) is 11.5. The fourth-order valence-corrected chi connectivity index (χ4v) is 7.43. The number of methoxy groups -OCH3 is 1. The minimum absolute atomic E-state index is 0.00653. The molecule has 0 spiro atoms. The zero-order valence-corrected chi connectivity index (χ0v) is 24.1. The van der Waals surface area contributed by atoms with Crippen molar-refractivity contribution in [1.82, 2.24) is 9.29 Å². The van der Waals surface area contributed by atoms with Crippen molar-refractivity contribution in [2.24, 2.45) is 5.92 Å². The number of ketones is 1. The topological polar surface area (TPSA) is 103 Å². The minimum atomic E-state index is -3.92. The Morgan fingerprint density at radius 1 is 1.28 bits per heavy atom. The van der Waals surface area contributed by atoms with E-state index in [0.717, 1.165) is 22.5 Å². The van der Waals surface area contributed by atoms with Crippen molar-refractivity contribution in [3.63, 3.8) is 0 Å². The number of benzene rings is 1. The van der Waals surface area contributed by atoms with Gasteiger partial charge in [-0.3, -0.25) is 14.6 Å². The molecular weight excluding hydrogens is 543 g/mol. The number of rotatable bonds is 8. The molecule has 0 saturated heterocycles. The van der Waals surface area contributed by atoms with Gasteiger partial charge in [0.05, 0.1) is 25.8 Å². The van der Waals surface area contributed by atoms with Crippen LogP contribution in [0.5, 0.6) is 5.75 Å². The van der Waals surface area contributed by atoms with Crippen LogP contribution in [0.3, 0.4) is 0 Å². The van der Waals surface area contributed by atoms with Gasteiger partial charge < -0.3 is 9.47 Å². The van der Waals surface area contributed by atoms with Gasteiger partial charge in [-0.15, -0.1) is 11.3 Å². The molecule has 0 aliphatic carbocycles. The van der Waals surface area contributed by atoms with Crippen LogP contribution in [0.15, 0.2) is 47.6 Å². The second-order valence-electron chi connectivity index (χ2n) is 9.63. The smallest absolute Gasteiger partial charge is 0.309 e. The number of ether oxygens (including phenoxy) is 2. The number of aryl methyl sites for hydroxylation is 1. The van der Waals surface area contributed by atoms with E-state index in [1.165, 1.54) is 36.8 Å². The molecule has 0 bridgehead atoms. The number of sulfonamides is 1. The highest BCUT2D eigenvalue weighted by molar-refractivity contribution is 7.89. The minimum Gasteiger partial charge on any atom is -0.488 e. The molecule has 39 heavy (non-hydrogen) atoms. The van der Waals surface area contributed by atoms with Crippen molar-refractivity contribution in [3.8, 4) is 5.75 Å². The van der Waals surface area contributed by atoms with E-state index in [1.807, 2.05) is 32.0 Å². The van der Waals surface area contributed by atoms with Crippen LogP contribution >= 0.6 is 11.3 Å². The number of nitrogens with zero attached hydrogens (tertiary/aromatic N) is 2. The van der Waals surface area contributed by atoms with Crippen LogP contribution in [0.25, 0.3) is 0 Å². The number of hydrogen-bond donors (Lipinski definition) is 0. The Morgan fingerprint density at radius 3 is 2.67 bits per heavy atom. The Balaban J connectivity index is 1.78. The second-order valence-corrected chi connectivity index (χ2v) is 12.6. The first kappa shape index (κ1) is 28.8. The number of aromatic nitrogens is 1. The molecule has 0 radical (unpaired) electrons. The maximum Gasteiger partial charge on any atom is 0.309 e. The fraction of sp³-hybridized carbons (Fsp3) is 0.393. The van der Waals surface area contributed by atoms with Gasteiger partial charge in [0.25, 0.3) is 0 Å². The SMILES string of the molecule is CC[C@@H]1CN(Cc2cc(C(c3cc(F)c(C(C)=O)s3)C(C)C(=O)OC)ccc2C)S(=O)(=O)c2cnccc2O1. The van der Waals surface area contributed by atoms with Gasteiger partial charge >= 0.3 is 5.97 Å². The van der Waals surface area contributed by atoms with Crippen molar-refractivity contribution < 1.29 is 31.9 Å². The lowest BCUT2D eigenvalue weighted by Crippen LogP contribution is -2.36. The van der Waals surface area contributed by atoms with E-state index >= 15 is 0 Å². The molecule has 1 aliphatic rings. The molecule has 2 aromatic heterocycles. The summed E-state index contributed by atoms with van der Waals surface area (Å²) in [5.41, 5.74) is 2.26. The predicted molar refractivity (Wildman–Crippen MR) is 145 cm³/mol. The van der Waals surface area contributed by atoms with E-state index in [0.29, 0.717) is 16.9 Å². The van der Waals surface area contributed by atoms with Crippen LogP contribution in [-0.2, 0) is 26.1 Å². The largest absolute Gasteiger partial charge is 0.488 e. The monoisotopic (exact) mass is 574 g/mol. The Labute approximate surface area is 231 Å². The van der Waals surface area contributed by atoms with Gasteiger partial charge in [0.2, 0.25) is 10.0 Å². The molecule has 3 atom stereocenters. The van der Waals surface area contributed by atoms with Gasteiger partial charge in [-0.25, -0.2) is 12.8 Å². The number of fused-ring (bicyclic) bond motifs is 1. The summed E-state index contributed by atoms with van der Waals surface area (Å²) >= 11 is 1.01. The first-order valence-corrected chi connectivity index (χ1v) is 14.8. The lowest BCUT2D eigenvalue weighted by atomic mass is 9.84. The summed E-state index contributed by atoms with van der Waals surface area (Å²) in [6, 6.07) is 8.38. The molecular formula is C28H31FN2O6S2. The first-order valence-electron chi connectivity index (χ1n) is 12.6. The Hall–Kier alpha value is -3.15. The highest BCUT2D eigenvalue weighted by atomic mass is 32.2. The summed E-state index contributed by atoms with van der Waals surface area (Å²) < 4.78 is 54.3. The fourth-order valence-electron chi connectivity index (χ4n) is 4.75. The third-order valence-corrected chi connectivity index (χ3v) is 10.1. The standard InChI is InChI=1S/C28H31FN2O6S2/c1-6-21-15-31(39(34,35)25-13-30-10-9-23(25)37-21)14-20-11-19(8-7-16(20)2)26(17(3)28(33)36-5)24-12-22(29)27(38-24)18(4)32/h7-13,17,21,26H,6,14-15H2,1-5H3/t17?,21-,26?/m1/s1. The molecule has 4 rings (SSSR count). The molecule has 8 nitrogen and oxygen atoms in total. The van der Waals surface area contributed by atoms with Crippen molar-refractivity contribution in [1.29, 1.82) is 0 Å². The van der Waals surface area contributed by atoms with Gasteiger partial charge in [-0.1, -0.05) is 32.0 Å². The van der Waals surface area contributed by atoms with E-state index in [4.69, 9.17) is 9.47 Å². The third-order valence-electron chi connectivity index (χ3n) is 7.00. The van der Waals surface area contributed by atoms with Crippen LogP contribution < -0.4 is 4.74 Å². The lowest BCUT2D eigenvalue weighted by Gasteiger charge is -2.25. The van der Waals surface area contributed by atoms with Gasteiger partial charge in [-0.05, 0) is 42.2 Å². The molecule has 0 N–H and O–H groups in total. The van der Waals surface area contributed by atoms with Crippen LogP contribution in [-0.4, -0.2) is 49.2 Å². The summed E-state index contributed by atoms with van der Waals surface area (Å²) in [7, 11) is -2.63. The van der Waals surface area contributed by atoms with Gasteiger partial charge in [0.15, 0.2) is 5.78 Å². The van der Waals surface area contributed by atoms with E-state index in [9.17, 15) is 22.4 Å². The quantitative estimate of drug-likeness (QED) is 0.273. The number of carbonyl (C=O) groups excluding carboxylic acids is 2. The number of halogens is 1. The predicted octanol–water partition coefficient (Wildman–Crippen LogP) is 5.10. The number of thiophene rings is 1. The summed E-state index contributed by atoms with van der Waals surface area (Å²) in [6.45, 7) is 7.01. The number of esters is 1. The molecule has 3 aromatic rings. The number of pyridine rings is 1. The first-order chi connectivity index (χ1) is 18.5. The third kappa shape index (κ3) is 5.75. The molecule has 11 heteroatoms. The summed E-state index contributed by atoms with van der Waals surface area (Å²) in [5, 5.41) is 0. The molecule has 1 aromatic carbocycles. The molecule has 0 saturated carbocycles. The Bertz CT molecular complexity index is 1500. The molecule has 1 aliphatic heterocycles. The molecule has 3 heterocycles. The van der Waals surface area contributed by atoms with Crippen molar-refractivity contribution in [2.45, 2.75) is 57.6 Å². The van der Waals surface area contributed by atoms with Gasteiger partial charge in [0.1, 0.15) is 27.4 Å². The Kier molecular flexibility index (Phi) is 8.53. The number of carbonyl (C=O) groups is 2. The molecule has 0 amide bonds. The normalized spacial score (nSPS) is 18.4. The maximum atomic E-state index is 14.6. The highest BCUT2D eigenvalue weighted by Gasteiger charge is 2.36. The van der Waals surface area contributed by atoms with Crippen LogP contribution in [0.2, 0.25) is 0 Å². The highest BCUT2D eigenvalue weighted by Crippen LogP contribution is 2.39. The van der Waals surface area contributed by atoms with E-state index in [-0.39, 0.29) is 34.7 Å². The lowest BCUT2D eigenvalue weighted by molar-refractivity contribution is -0.145. The van der Waals surface area contributed by atoms with Gasteiger partial charge in [0, 0.05) is 30.5 Å². The van der Waals surface area contributed by atoms with Crippen LogP contribution in [0.4, 0.5) is 4.39 Å². The van der Waals surface area contributed by atoms with Gasteiger partial charge in [-0.2, -0.15) is 4.31 Å². The summed E-state index contributed by atoms with van der Waals surface area (Å²) in [5.74, 6) is -2.54. The average molecular weight is 575 g/mol. The number of hydrogen-bond acceptors (Lipinski definition) is 8. The van der Waals surface area contributed by atoms with E-state index in [1.54, 1.807) is 13.0 Å². The van der Waals surface area contributed by atoms with Crippen molar-refractivity contribution in [2.75, 3.05) is 13.7 Å². The van der Waals surface area contributed by atoms with Crippen molar-refractivity contribution >= 4 is 33.1 Å². The van der Waals surface area contributed by atoms with Crippen molar-refractivity contribution in [3.05, 3.63) is 75.0 Å². The Morgan fingerprint density at radius 2 is 2.03 bits per heavy atom. The molecule has 2 unspecified atom stereocenters. The van der Waals surface area contributed by atoms with E-state index in [2.05, 4.69) is 4.98 Å². The number of Topliss-reactive ketones (excluding diaryl/α,β-unsaturated/α-hetero) is 1. The van der Waals surface area contributed by atoms with Crippen LogP contribution in [0, 0.1) is 18.7 Å². The summed E-state index contributed by atoms with van der Waals surface area (Å²) in [6.07, 6.45) is 3.05. The zero-order valence-electron chi connectivity index (χ0n) is 22.4. The summed E-state index contributed by atoms with van der Waals surface area (Å²) in [4.78, 5) is 29.1. The zero-order chi connectivity index (χ0) is 28.5. The van der Waals surface area contributed by atoms with Crippen LogP contribution in [0.1, 0.15) is 64.3 Å². The molecule has 0 fully saturated rings.